The van der Waals surface area contributed by atoms with Gasteiger partial charge >= 0.3 is 0 Å². The molecule has 2 aromatic heterocycles. The SMILES string of the molecule is CCCNC(=O)Cn1ccc2ncc(-c3ccc(F)cc3)cc21. The zero-order valence-corrected chi connectivity index (χ0v) is 12.9. The number of hydrogen-bond donors (Lipinski definition) is 1. The molecule has 0 radical (unpaired) electrons. The van der Waals surface area contributed by atoms with Crippen molar-refractivity contribution in [2.24, 2.45) is 0 Å². The fraction of sp³-hybridized carbons (Fsp3) is 0.222. The zero-order chi connectivity index (χ0) is 16.2. The van der Waals surface area contributed by atoms with E-state index in [0.29, 0.717) is 6.54 Å². The van der Waals surface area contributed by atoms with Gasteiger partial charge in [0, 0.05) is 24.5 Å². The number of hydrogen-bond acceptors (Lipinski definition) is 2. The molecule has 2 heterocycles. The number of benzene rings is 1. The number of pyridine rings is 1. The van der Waals surface area contributed by atoms with E-state index < -0.39 is 0 Å². The fourth-order valence-corrected chi connectivity index (χ4v) is 2.48. The Morgan fingerprint density at radius 1 is 1.22 bits per heavy atom. The highest BCUT2D eigenvalue weighted by atomic mass is 19.1. The van der Waals surface area contributed by atoms with Gasteiger partial charge in [-0.1, -0.05) is 19.1 Å². The third-order valence-corrected chi connectivity index (χ3v) is 3.68. The van der Waals surface area contributed by atoms with Gasteiger partial charge in [-0.15, -0.1) is 0 Å². The molecule has 3 aromatic rings. The number of amides is 1. The molecule has 5 heteroatoms. The van der Waals surface area contributed by atoms with Crippen molar-refractivity contribution in [3.8, 4) is 11.1 Å². The summed E-state index contributed by atoms with van der Waals surface area (Å²) >= 11 is 0. The molecular weight excluding hydrogens is 293 g/mol. The number of fused-ring (bicyclic) bond motifs is 1. The molecule has 3 rings (SSSR count). The van der Waals surface area contributed by atoms with Crippen molar-refractivity contribution >= 4 is 16.9 Å². The van der Waals surface area contributed by atoms with Crippen LogP contribution in [0.2, 0.25) is 0 Å². The number of aromatic nitrogens is 2. The number of rotatable bonds is 5. The quantitative estimate of drug-likeness (QED) is 0.785. The summed E-state index contributed by atoms with van der Waals surface area (Å²) in [6.45, 7) is 2.96. The first kappa shape index (κ1) is 15.2. The Bertz CT molecular complexity index is 824. The lowest BCUT2D eigenvalue weighted by molar-refractivity contribution is -0.121. The smallest absolute Gasteiger partial charge is 0.239 e. The van der Waals surface area contributed by atoms with Crippen molar-refractivity contribution in [2.45, 2.75) is 19.9 Å². The van der Waals surface area contributed by atoms with Crippen LogP contribution in [-0.4, -0.2) is 22.0 Å². The predicted octanol–water partition coefficient (Wildman–Crippen LogP) is 3.37. The highest BCUT2D eigenvalue weighted by Crippen LogP contribution is 2.23. The average molecular weight is 311 g/mol. The van der Waals surface area contributed by atoms with Gasteiger partial charge in [-0.25, -0.2) is 4.39 Å². The van der Waals surface area contributed by atoms with Crippen molar-refractivity contribution in [3.63, 3.8) is 0 Å². The first-order valence-corrected chi connectivity index (χ1v) is 7.65. The maximum atomic E-state index is 13.1. The number of carbonyl (C=O) groups excluding carboxylic acids is 1. The van der Waals surface area contributed by atoms with E-state index in [1.165, 1.54) is 12.1 Å². The second-order valence-corrected chi connectivity index (χ2v) is 5.43. The van der Waals surface area contributed by atoms with Crippen molar-refractivity contribution < 1.29 is 9.18 Å². The lowest BCUT2D eigenvalue weighted by Gasteiger charge is -2.07. The van der Waals surface area contributed by atoms with Crippen molar-refractivity contribution in [3.05, 3.63) is 54.6 Å². The van der Waals surface area contributed by atoms with Gasteiger partial charge in [0.05, 0.1) is 11.0 Å². The molecule has 0 saturated carbocycles. The third kappa shape index (κ3) is 3.39. The van der Waals surface area contributed by atoms with Gasteiger partial charge in [0.15, 0.2) is 0 Å². The summed E-state index contributed by atoms with van der Waals surface area (Å²) in [5.41, 5.74) is 3.51. The molecule has 4 nitrogen and oxygen atoms in total. The number of nitrogens with zero attached hydrogens (tertiary/aromatic N) is 2. The maximum Gasteiger partial charge on any atom is 0.239 e. The van der Waals surface area contributed by atoms with Crippen LogP contribution in [0.25, 0.3) is 22.2 Å². The van der Waals surface area contributed by atoms with E-state index >= 15 is 0 Å². The molecule has 1 amide bonds. The van der Waals surface area contributed by atoms with Gasteiger partial charge in [-0.3, -0.25) is 9.78 Å². The van der Waals surface area contributed by atoms with Crippen LogP contribution >= 0.6 is 0 Å². The molecule has 1 aromatic carbocycles. The summed E-state index contributed by atoms with van der Waals surface area (Å²) in [5, 5.41) is 2.87. The molecule has 0 saturated heterocycles. The van der Waals surface area contributed by atoms with Crippen LogP contribution in [0.4, 0.5) is 4.39 Å². The van der Waals surface area contributed by atoms with E-state index in [1.54, 1.807) is 18.3 Å². The van der Waals surface area contributed by atoms with Crippen LogP contribution in [0.3, 0.4) is 0 Å². The Kier molecular flexibility index (Phi) is 4.37. The van der Waals surface area contributed by atoms with Crippen molar-refractivity contribution in [1.82, 2.24) is 14.9 Å². The average Bonchev–Trinajstić information content (AvgIpc) is 2.96. The Hall–Kier alpha value is -2.69. The van der Waals surface area contributed by atoms with Crippen molar-refractivity contribution in [2.75, 3.05) is 6.54 Å². The molecule has 0 atom stereocenters. The molecule has 0 aliphatic carbocycles. The standard InChI is InChI=1S/C18H18FN3O/c1-2-8-20-18(23)12-22-9-7-16-17(22)10-14(11-21-16)13-3-5-15(19)6-4-13/h3-7,9-11H,2,8,12H2,1H3,(H,20,23). The molecule has 23 heavy (non-hydrogen) atoms. The van der Waals surface area contributed by atoms with Gasteiger partial charge in [-0.2, -0.15) is 0 Å². The molecule has 0 fully saturated rings. The third-order valence-electron chi connectivity index (χ3n) is 3.68. The summed E-state index contributed by atoms with van der Waals surface area (Å²) in [5.74, 6) is -0.282. The molecule has 0 unspecified atom stereocenters. The van der Waals surface area contributed by atoms with Gasteiger partial charge in [-0.05, 0) is 36.2 Å². The molecule has 1 N–H and O–H groups in total. The van der Waals surface area contributed by atoms with Crippen LogP contribution in [0.1, 0.15) is 13.3 Å². The number of nitrogens with one attached hydrogen (secondary N) is 1. The maximum absolute atomic E-state index is 13.1. The minimum absolute atomic E-state index is 0.0171. The van der Waals surface area contributed by atoms with Crippen LogP contribution < -0.4 is 5.32 Å². The highest BCUT2D eigenvalue weighted by Gasteiger charge is 2.08. The Morgan fingerprint density at radius 2 is 2.00 bits per heavy atom. The van der Waals surface area contributed by atoms with Gasteiger partial charge in [0.1, 0.15) is 12.4 Å². The summed E-state index contributed by atoms with van der Waals surface area (Å²) in [6.07, 6.45) is 4.53. The summed E-state index contributed by atoms with van der Waals surface area (Å²) in [4.78, 5) is 16.3. The molecule has 0 aliphatic rings. The topological polar surface area (TPSA) is 46.9 Å². The van der Waals surface area contributed by atoms with Crippen LogP contribution in [-0.2, 0) is 11.3 Å². The van der Waals surface area contributed by atoms with E-state index in [1.807, 2.05) is 29.8 Å². The lowest BCUT2D eigenvalue weighted by atomic mass is 10.1. The number of halogens is 1. The first-order chi connectivity index (χ1) is 11.2. The second kappa shape index (κ2) is 6.60. The molecule has 0 aliphatic heterocycles. The Labute approximate surface area is 134 Å². The normalized spacial score (nSPS) is 10.9. The highest BCUT2D eigenvalue weighted by molar-refractivity contribution is 5.84. The largest absolute Gasteiger partial charge is 0.355 e. The second-order valence-electron chi connectivity index (χ2n) is 5.43. The Morgan fingerprint density at radius 3 is 2.74 bits per heavy atom. The monoisotopic (exact) mass is 311 g/mol. The van der Waals surface area contributed by atoms with E-state index in [0.717, 1.165) is 28.6 Å². The molecule has 118 valence electrons. The van der Waals surface area contributed by atoms with Crippen LogP contribution in [0.5, 0.6) is 0 Å². The van der Waals surface area contributed by atoms with Gasteiger partial charge in [0.2, 0.25) is 5.91 Å². The van der Waals surface area contributed by atoms with Crippen LogP contribution in [0, 0.1) is 5.82 Å². The Balaban J connectivity index is 1.90. The van der Waals surface area contributed by atoms with Crippen LogP contribution in [0.15, 0.2) is 48.8 Å². The van der Waals surface area contributed by atoms with E-state index in [2.05, 4.69) is 10.3 Å². The fourth-order valence-electron chi connectivity index (χ4n) is 2.48. The summed E-state index contributed by atoms with van der Waals surface area (Å²) in [6, 6.07) is 10.2. The summed E-state index contributed by atoms with van der Waals surface area (Å²) < 4.78 is 14.9. The van der Waals surface area contributed by atoms with E-state index in [9.17, 15) is 9.18 Å². The van der Waals surface area contributed by atoms with Gasteiger partial charge in [0.25, 0.3) is 0 Å². The summed E-state index contributed by atoms with van der Waals surface area (Å²) in [7, 11) is 0. The van der Waals surface area contributed by atoms with Gasteiger partial charge < -0.3 is 9.88 Å². The number of carbonyl (C=O) groups is 1. The minimum Gasteiger partial charge on any atom is -0.355 e. The minimum atomic E-state index is -0.265. The molecular formula is C18H18FN3O. The van der Waals surface area contributed by atoms with E-state index in [4.69, 9.17) is 0 Å². The lowest BCUT2D eigenvalue weighted by Crippen LogP contribution is -2.27. The first-order valence-electron chi connectivity index (χ1n) is 7.65. The van der Waals surface area contributed by atoms with Crippen molar-refractivity contribution in [1.29, 1.82) is 0 Å². The predicted molar refractivity (Wildman–Crippen MR) is 88.4 cm³/mol. The molecule has 0 spiro atoms. The van der Waals surface area contributed by atoms with E-state index in [-0.39, 0.29) is 18.3 Å². The zero-order valence-electron chi connectivity index (χ0n) is 12.9. The molecule has 0 bridgehead atoms.